The number of nitrogens with two attached hydrogens (primary N) is 2. The predicted molar refractivity (Wildman–Crippen MR) is 62.7 cm³/mol. The number of carbonyl (C=O) groups excluding carboxylic acids is 1. The van der Waals surface area contributed by atoms with Crippen molar-refractivity contribution in [1.29, 1.82) is 0 Å². The van der Waals surface area contributed by atoms with Crippen molar-refractivity contribution in [1.82, 2.24) is 9.97 Å². The molecule has 16 heavy (non-hydrogen) atoms. The summed E-state index contributed by atoms with van der Waals surface area (Å²) in [6.07, 6.45) is 3.06. The SMILES string of the molecule is CCCc1c(N)ncnc1NC(C)C(N)=O. The third-order valence-electron chi connectivity index (χ3n) is 2.26. The Morgan fingerprint density at radius 2 is 2.25 bits per heavy atom. The molecule has 1 amide bonds. The van der Waals surface area contributed by atoms with Crippen LogP contribution in [0, 0.1) is 0 Å². The third-order valence-corrected chi connectivity index (χ3v) is 2.26. The molecule has 0 aromatic carbocycles. The van der Waals surface area contributed by atoms with Gasteiger partial charge in [0.2, 0.25) is 5.91 Å². The van der Waals surface area contributed by atoms with Crippen LogP contribution < -0.4 is 16.8 Å². The van der Waals surface area contributed by atoms with Crippen molar-refractivity contribution in [2.45, 2.75) is 32.7 Å². The average Bonchev–Trinajstić information content (AvgIpc) is 2.23. The molecule has 6 heteroatoms. The number of hydrogen-bond acceptors (Lipinski definition) is 5. The number of primary amides is 1. The number of nitrogens with zero attached hydrogens (tertiary/aromatic N) is 2. The molecule has 0 saturated carbocycles. The first kappa shape index (κ1) is 12.2. The number of anilines is 2. The van der Waals surface area contributed by atoms with Crippen molar-refractivity contribution in [2.75, 3.05) is 11.1 Å². The molecular formula is C10H17N5O. The molecule has 1 atom stereocenters. The van der Waals surface area contributed by atoms with Gasteiger partial charge in [-0.1, -0.05) is 13.3 Å². The first-order chi connectivity index (χ1) is 7.56. The van der Waals surface area contributed by atoms with Gasteiger partial charge < -0.3 is 16.8 Å². The van der Waals surface area contributed by atoms with Crippen molar-refractivity contribution in [3.05, 3.63) is 11.9 Å². The normalized spacial score (nSPS) is 12.1. The summed E-state index contributed by atoms with van der Waals surface area (Å²) in [5.74, 6) is 0.594. The van der Waals surface area contributed by atoms with Crippen LogP contribution >= 0.6 is 0 Å². The van der Waals surface area contributed by atoms with Crippen molar-refractivity contribution in [3.63, 3.8) is 0 Å². The zero-order valence-corrected chi connectivity index (χ0v) is 9.53. The molecule has 5 N–H and O–H groups in total. The van der Waals surface area contributed by atoms with Gasteiger partial charge >= 0.3 is 0 Å². The van der Waals surface area contributed by atoms with Crippen LogP contribution in [0.4, 0.5) is 11.6 Å². The second kappa shape index (κ2) is 5.29. The summed E-state index contributed by atoms with van der Waals surface area (Å²) < 4.78 is 0. The fraction of sp³-hybridized carbons (Fsp3) is 0.500. The molecule has 0 radical (unpaired) electrons. The lowest BCUT2D eigenvalue weighted by Gasteiger charge is -2.14. The maximum atomic E-state index is 10.9. The van der Waals surface area contributed by atoms with Crippen molar-refractivity contribution in [2.24, 2.45) is 5.73 Å². The Labute approximate surface area is 94.5 Å². The van der Waals surface area contributed by atoms with Crippen molar-refractivity contribution in [3.8, 4) is 0 Å². The van der Waals surface area contributed by atoms with E-state index in [0.29, 0.717) is 11.6 Å². The van der Waals surface area contributed by atoms with Crippen molar-refractivity contribution >= 4 is 17.5 Å². The largest absolute Gasteiger partial charge is 0.383 e. The van der Waals surface area contributed by atoms with Crippen LogP contribution in [0.2, 0.25) is 0 Å². The molecule has 88 valence electrons. The number of amides is 1. The predicted octanol–water partition coefficient (Wildman–Crippen LogP) is 0.297. The first-order valence-electron chi connectivity index (χ1n) is 5.21. The Bertz CT molecular complexity index is 379. The number of rotatable bonds is 5. The number of carbonyl (C=O) groups is 1. The van der Waals surface area contributed by atoms with E-state index < -0.39 is 11.9 Å². The van der Waals surface area contributed by atoms with Gasteiger partial charge in [-0.25, -0.2) is 9.97 Å². The highest BCUT2D eigenvalue weighted by Crippen LogP contribution is 2.19. The van der Waals surface area contributed by atoms with E-state index in [1.54, 1.807) is 6.92 Å². The zero-order valence-electron chi connectivity index (χ0n) is 9.53. The summed E-state index contributed by atoms with van der Waals surface area (Å²) in [5.41, 5.74) is 11.8. The van der Waals surface area contributed by atoms with Crippen LogP contribution in [-0.2, 0) is 11.2 Å². The van der Waals surface area contributed by atoms with Crippen LogP contribution in [0.25, 0.3) is 0 Å². The van der Waals surface area contributed by atoms with Gasteiger partial charge in [-0.2, -0.15) is 0 Å². The van der Waals surface area contributed by atoms with Gasteiger partial charge in [0.25, 0.3) is 0 Å². The van der Waals surface area contributed by atoms with Crippen LogP contribution in [0.3, 0.4) is 0 Å². The lowest BCUT2D eigenvalue weighted by molar-refractivity contribution is -0.118. The second-order valence-electron chi connectivity index (χ2n) is 3.60. The average molecular weight is 223 g/mol. The minimum Gasteiger partial charge on any atom is -0.383 e. The molecule has 1 heterocycles. The molecule has 0 aliphatic rings. The topological polar surface area (TPSA) is 107 Å². The van der Waals surface area contributed by atoms with E-state index in [-0.39, 0.29) is 0 Å². The van der Waals surface area contributed by atoms with Gasteiger partial charge in [0.05, 0.1) is 0 Å². The smallest absolute Gasteiger partial charge is 0.239 e. The van der Waals surface area contributed by atoms with Crippen LogP contribution in [0.15, 0.2) is 6.33 Å². The van der Waals surface area contributed by atoms with Gasteiger partial charge in [0, 0.05) is 5.56 Å². The summed E-state index contributed by atoms with van der Waals surface area (Å²) in [4.78, 5) is 18.9. The van der Waals surface area contributed by atoms with Crippen LogP contribution in [0.1, 0.15) is 25.8 Å². The quantitative estimate of drug-likeness (QED) is 0.665. The molecular weight excluding hydrogens is 206 g/mol. The lowest BCUT2D eigenvalue weighted by Crippen LogP contribution is -2.33. The third kappa shape index (κ3) is 2.82. The Hall–Kier alpha value is -1.85. The second-order valence-corrected chi connectivity index (χ2v) is 3.60. The molecule has 0 fully saturated rings. The van der Waals surface area contributed by atoms with E-state index in [1.807, 2.05) is 6.92 Å². The minimum atomic E-state index is -0.482. The van der Waals surface area contributed by atoms with E-state index in [4.69, 9.17) is 11.5 Å². The van der Waals surface area contributed by atoms with E-state index in [9.17, 15) is 4.79 Å². The van der Waals surface area contributed by atoms with Crippen molar-refractivity contribution < 1.29 is 4.79 Å². The number of aromatic nitrogens is 2. The van der Waals surface area contributed by atoms with Gasteiger partial charge in [-0.05, 0) is 13.3 Å². The molecule has 6 nitrogen and oxygen atoms in total. The Kier molecular flexibility index (Phi) is 4.04. The number of nitrogen functional groups attached to an aromatic ring is 1. The highest BCUT2D eigenvalue weighted by molar-refractivity contribution is 5.82. The number of nitrogens with one attached hydrogen (secondary N) is 1. The summed E-state index contributed by atoms with van der Waals surface area (Å²) in [6.45, 7) is 3.71. The Morgan fingerprint density at radius 3 is 2.81 bits per heavy atom. The van der Waals surface area contributed by atoms with Crippen LogP contribution in [0.5, 0.6) is 0 Å². The maximum Gasteiger partial charge on any atom is 0.239 e. The Balaban J connectivity index is 2.94. The molecule has 0 aliphatic carbocycles. The molecule has 1 rings (SSSR count). The fourth-order valence-corrected chi connectivity index (χ4v) is 1.32. The Morgan fingerprint density at radius 1 is 1.56 bits per heavy atom. The number of hydrogen-bond donors (Lipinski definition) is 3. The first-order valence-corrected chi connectivity index (χ1v) is 5.21. The molecule has 0 saturated heterocycles. The standard InChI is InChI=1S/C10H17N5O/c1-3-4-7-8(11)13-5-14-10(7)15-6(2)9(12)16/h5-6H,3-4H2,1-2H3,(H2,12,16)(H3,11,13,14,15). The molecule has 1 aromatic rings. The van der Waals surface area contributed by atoms with Gasteiger partial charge in [0.15, 0.2) is 0 Å². The van der Waals surface area contributed by atoms with E-state index in [2.05, 4.69) is 15.3 Å². The lowest BCUT2D eigenvalue weighted by atomic mass is 10.1. The highest BCUT2D eigenvalue weighted by atomic mass is 16.1. The summed E-state index contributed by atoms with van der Waals surface area (Å²) in [5, 5.41) is 2.93. The van der Waals surface area contributed by atoms with E-state index in [1.165, 1.54) is 6.33 Å². The minimum absolute atomic E-state index is 0.431. The van der Waals surface area contributed by atoms with E-state index >= 15 is 0 Å². The van der Waals surface area contributed by atoms with Gasteiger partial charge in [-0.15, -0.1) is 0 Å². The summed E-state index contributed by atoms with van der Waals surface area (Å²) >= 11 is 0. The summed E-state index contributed by atoms with van der Waals surface area (Å²) in [7, 11) is 0. The molecule has 1 aromatic heterocycles. The van der Waals surface area contributed by atoms with Gasteiger partial charge in [-0.3, -0.25) is 4.79 Å². The summed E-state index contributed by atoms with van der Waals surface area (Å²) in [6, 6.07) is -0.482. The maximum absolute atomic E-state index is 10.9. The molecule has 0 spiro atoms. The zero-order chi connectivity index (χ0) is 12.1. The van der Waals surface area contributed by atoms with E-state index in [0.717, 1.165) is 18.4 Å². The monoisotopic (exact) mass is 223 g/mol. The fourth-order valence-electron chi connectivity index (χ4n) is 1.32. The molecule has 1 unspecified atom stereocenters. The van der Waals surface area contributed by atoms with Crippen LogP contribution in [-0.4, -0.2) is 21.9 Å². The molecule has 0 aliphatic heterocycles. The van der Waals surface area contributed by atoms with Gasteiger partial charge in [0.1, 0.15) is 24.0 Å². The highest BCUT2D eigenvalue weighted by Gasteiger charge is 2.13. The molecule has 0 bridgehead atoms.